The third-order valence-electron chi connectivity index (χ3n) is 5.59. The molecule has 0 atom stereocenters. The molecule has 4 aromatic carbocycles. The van der Waals surface area contributed by atoms with E-state index in [0.717, 1.165) is 15.7 Å². The molecule has 0 unspecified atom stereocenters. The van der Waals surface area contributed by atoms with Crippen molar-refractivity contribution in [3.8, 4) is 0 Å². The topological polar surface area (TPSA) is 78.5 Å². The lowest BCUT2D eigenvalue weighted by Crippen LogP contribution is -2.35. The zero-order valence-electron chi connectivity index (χ0n) is 19.6. The van der Waals surface area contributed by atoms with E-state index >= 15 is 0 Å². The molecule has 36 heavy (non-hydrogen) atoms. The number of benzene rings is 4. The molecule has 0 aliphatic rings. The number of nitrogens with zero attached hydrogens (tertiary/aromatic N) is 1. The summed E-state index contributed by atoms with van der Waals surface area (Å²) in [5.41, 5.74) is 1.01. The van der Waals surface area contributed by atoms with Crippen LogP contribution in [0.4, 0.5) is 20.6 Å². The van der Waals surface area contributed by atoms with Crippen molar-refractivity contribution >= 4 is 50.0 Å². The summed E-state index contributed by atoms with van der Waals surface area (Å²) < 4.78 is 42.0. The van der Waals surface area contributed by atoms with E-state index in [1.54, 1.807) is 30.0 Å². The van der Waals surface area contributed by atoms with Crippen molar-refractivity contribution < 1.29 is 17.6 Å². The second kappa shape index (κ2) is 11.5. The van der Waals surface area contributed by atoms with E-state index < -0.39 is 15.8 Å². The molecule has 4 aromatic rings. The quantitative estimate of drug-likeness (QED) is 0.205. The van der Waals surface area contributed by atoms with Crippen LogP contribution in [-0.4, -0.2) is 33.8 Å². The highest BCUT2D eigenvalue weighted by Gasteiger charge is 2.25. The van der Waals surface area contributed by atoms with E-state index in [4.69, 9.17) is 0 Å². The summed E-state index contributed by atoms with van der Waals surface area (Å²) in [4.78, 5) is 13.5. The monoisotopic (exact) mass is 523 g/mol. The van der Waals surface area contributed by atoms with Crippen LogP contribution in [0.5, 0.6) is 0 Å². The second-order valence-corrected chi connectivity index (χ2v) is 10.8. The molecule has 2 N–H and O–H groups in total. The van der Waals surface area contributed by atoms with Gasteiger partial charge in [0.05, 0.1) is 10.6 Å². The fourth-order valence-corrected chi connectivity index (χ4v) is 5.67. The third kappa shape index (κ3) is 6.16. The SMILES string of the molecule is CSc1ccc(NC(=O)NCCCN(c2ccc(F)cc2)S(=O)(=O)c2ccc3ccccc3c2)cc1. The molecule has 4 rings (SSSR count). The number of thioether (sulfide) groups is 1. The van der Waals surface area contributed by atoms with Crippen LogP contribution in [0, 0.1) is 5.82 Å². The van der Waals surface area contributed by atoms with Crippen LogP contribution in [0.15, 0.2) is 101 Å². The summed E-state index contributed by atoms with van der Waals surface area (Å²) in [7, 11) is -3.93. The number of halogens is 1. The third-order valence-corrected chi connectivity index (χ3v) is 8.16. The molecule has 0 bridgehead atoms. The van der Waals surface area contributed by atoms with Gasteiger partial charge in [0.2, 0.25) is 0 Å². The predicted octanol–water partition coefficient (Wildman–Crippen LogP) is 6.11. The highest BCUT2D eigenvalue weighted by molar-refractivity contribution is 7.98. The molecule has 0 aliphatic heterocycles. The van der Waals surface area contributed by atoms with Crippen LogP contribution in [0.1, 0.15) is 6.42 Å². The molecule has 6 nitrogen and oxygen atoms in total. The van der Waals surface area contributed by atoms with E-state index in [0.29, 0.717) is 17.8 Å². The molecular formula is C27H26FN3O3S2. The maximum Gasteiger partial charge on any atom is 0.319 e. The number of urea groups is 1. The summed E-state index contributed by atoms with van der Waals surface area (Å²) in [5.74, 6) is -0.453. The van der Waals surface area contributed by atoms with E-state index in [1.165, 1.54) is 28.6 Å². The Balaban J connectivity index is 1.46. The minimum Gasteiger partial charge on any atom is -0.338 e. The van der Waals surface area contributed by atoms with Gasteiger partial charge in [0.1, 0.15) is 5.82 Å². The van der Waals surface area contributed by atoms with E-state index in [-0.39, 0.29) is 24.0 Å². The second-order valence-electron chi connectivity index (χ2n) is 8.03. The number of rotatable bonds is 9. The number of carbonyl (C=O) groups excluding carboxylic acids is 1. The van der Waals surface area contributed by atoms with Crippen LogP contribution >= 0.6 is 11.8 Å². The first-order chi connectivity index (χ1) is 17.4. The van der Waals surface area contributed by atoms with E-state index in [9.17, 15) is 17.6 Å². The predicted molar refractivity (Wildman–Crippen MR) is 145 cm³/mol. The fraction of sp³-hybridized carbons (Fsp3) is 0.148. The normalized spacial score (nSPS) is 11.3. The van der Waals surface area contributed by atoms with Crippen LogP contribution in [-0.2, 0) is 10.0 Å². The smallest absolute Gasteiger partial charge is 0.319 e. The van der Waals surface area contributed by atoms with Crippen LogP contribution in [0.25, 0.3) is 10.8 Å². The van der Waals surface area contributed by atoms with Crippen LogP contribution in [0.3, 0.4) is 0 Å². The molecule has 9 heteroatoms. The van der Waals surface area contributed by atoms with Gasteiger partial charge in [-0.2, -0.15) is 0 Å². The molecule has 0 spiro atoms. The highest BCUT2D eigenvalue weighted by Crippen LogP contribution is 2.27. The molecule has 0 radical (unpaired) electrons. The average molecular weight is 524 g/mol. The Labute approximate surface area is 214 Å². The minimum absolute atomic E-state index is 0.101. The van der Waals surface area contributed by atoms with Crippen molar-refractivity contribution in [3.63, 3.8) is 0 Å². The molecule has 2 amide bonds. The number of anilines is 2. The summed E-state index contributed by atoms with van der Waals surface area (Å²) in [6.07, 6.45) is 2.33. The first-order valence-corrected chi connectivity index (χ1v) is 14.0. The Hall–Kier alpha value is -3.56. The fourth-order valence-electron chi connectivity index (χ4n) is 3.72. The summed E-state index contributed by atoms with van der Waals surface area (Å²) in [6.45, 7) is 0.350. The van der Waals surface area contributed by atoms with Crippen molar-refractivity contribution in [1.29, 1.82) is 0 Å². The number of hydrogen-bond acceptors (Lipinski definition) is 4. The first-order valence-electron chi connectivity index (χ1n) is 11.3. The lowest BCUT2D eigenvalue weighted by molar-refractivity contribution is 0.252. The largest absolute Gasteiger partial charge is 0.338 e. The number of nitrogens with one attached hydrogen (secondary N) is 2. The summed E-state index contributed by atoms with van der Waals surface area (Å²) >= 11 is 1.61. The minimum atomic E-state index is -3.93. The zero-order chi connectivity index (χ0) is 25.5. The summed E-state index contributed by atoms with van der Waals surface area (Å²) in [6, 6.07) is 24.9. The molecule has 0 aromatic heterocycles. The van der Waals surface area contributed by atoms with Gasteiger partial charge in [0, 0.05) is 23.7 Å². The van der Waals surface area contributed by atoms with Crippen molar-refractivity contribution in [2.24, 2.45) is 0 Å². The molecule has 0 heterocycles. The molecular weight excluding hydrogens is 497 g/mol. The molecule has 0 aliphatic carbocycles. The van der Waals surface area contributed by atoms with Crippen molar-refractivity contribution in [2.75, 3.05) is 29.0 Å². The van der Waals surface area contributed by atoms with Gasteiger partial charge in [0.15, 0.2) is 0 Å². The van der Waals surface area contributed by atoms with Crippen molar-refractivity contribution in [1.82, 2.24) is 5.32 Å². The van der Waals surface area contributed by atoms with Crippen LogP contribution < -0.4 is 14.9 Å². The Kier molecular flexibility index (Phi) is 8.12. The van der Waals surface area contributed by atoms with Gasteiger partial charge in [-0.1, -0.05) is 30.3 Å². The van der Waals surface area contributed by atoms with Gasteiger partial charge < -0.3 is 10.6 Å². The lowest BCUT2D eigenvalue weighted by atomic mass is 10.1. The maximum absolute atomic E-state index is 13.6. The highest BCUT2D eigenvalue weighted by atomic mass is 32.2. The Morgan fingerprint density at radius 1 is 0.917 bits per heavy atom. The van der Waals surface area contributed by atoms with Crippen molar-refractivity contribution in [2.45, 2.75) is 16.2 Å². The first kappa shape index (κ1) is 25.5. The maximum atomic E-state index is 13.6. The van der Waals surface area contributed by atoms with E-state index in [1.807, 2.05) is 54.8 Å². The van der Waals surface area contributed by atoms with Crippen LogP contribution in [0.2, 0.25) is 0 Å². The van der Waals surface area contributed by atoms with Crippen molar-refractivity contribution in [3.05, 3.63) is 96.8 Å². The molecule has 186 valence electrons. The molecule has 0 saturated carbocycles. The Morgan fingerprint density at radius 3 is 2.31 bits per heavy atom. The molecule has 0 saturated heterocycles. The number of fused-ring (bicyclic) bond motifs is 1. The van der Waals surface area contributed by atoms with Gasteiger partial charge >= 0.3 is 6.03 Å². The number of amides is 2. The standard InChI is InChI=1S/C27H26FN3O3S2/c1-35-25-14-10-23(11-15-25)30-27(32)29-17-4-18-31(24-12-8-22(28)9-13-24)36(33,34)26-16-7-20-5-2-3-6-21(20)19-26/h2-3,5-16,19H,4,17-18H2,1H3,(H2,29,30,32). The zero-order valence-corrected chi connectivity index (χ0v) is 21.3. The number of sulfonamides is 1. The van der Waals surface area contributed by atoms with E-state index in [2.05, 4.69) is 10.6 Å². The van der Waals surface area contributed by atoms with Gasteiger partial charge in [-0.25, -0.2) is 17.6 Å². The average Bonchev–Trinajstić information content (AvgIpc) is 2.89. The van der Waals surface area contributed by atoms with Gasteiger partial charge in [-0.05, 0) is 84.1 Å². The van der Waals surface area contributed by atoms with Gasteiger partial charge in [0.25, 0.3) is 10.0 Å². The Bertz CT molecular complexity index is 1440. The van der Waals surface area contributed by atoms with Gasteiger partial charge in [-0.15, -0.1) is 11.8 Å². The molecule has 0 fully saturated rings. The summed E-state index contributed by atoms with van der Waals surface area (Å²) in [5, 5.41) is 7.25. The number of hydrogen-bond donors (Lipinski definition) is 2. The Morgan fingerprint density at radius 2 is 1.61 bits per heavy atom. The lowest BCUT2D eigenvalue weighted by Gasteiger charge is -2.25. The number of carbonyl (C=O) groups is 1. The van der Waals surface area contributed by atoms with Gasteiger partial charge in [-0.3, -0.25) is 4.31 Å².